The molecule has 2 rings (SSSR count). The molecule has 0 saturated heterocycles. The number of hydrogen-bond acceptors (Lipinski definition) is 3. The Morgan fingerprint density at radius 2 is 2.36 bits per heavy atom. The summed E-state index contributed by atoms with van der Waals surface area (Å²) in [6.45, 7) is 1.46. The fraction of sp³-hybridized carbons (Fsp3) is 0.300. The van der Waals surface area contributed by atoms with Crippen molar-refractivity contribution in [1.82, 2.24) is 0 Å². The van der Waals surface area contributed by atoms with Gasteiger partial charge in [0.25, 0.3) is 0 Å². The zero-order valence-corrected chi connectivity index (χ0v) is 13.5. The average Bonchev–Trinajstić information content (AvgIpc) is 2.57. The van der Waals surface area contributed by atoms with Crippen molar-refractivity contribution in [1.29, 1.82) is 0 Å². The molecule has 3 nitrogen and oxygen atoms in total. The van der Waals surface area contributed by atoms with Crippen LogP contribution in [0.4, 0.5) is 0 Å². The zero-order chi connectivity index (χ0) is 9.97. The van der Waals surface area contributed by atoms with E-state index in [-0.39, 0.29) is 9.58 Å². The summed E-state index contributed by atoms with van der Waals surface area (Å²) in [7, 11) is 0. The first-order valence-electron chi connectivity index (χ1n) is 4.63. The number of carbonyl (C=O) groups excluding carboxylic acids is 1. The summed E-state index contributed by atoms with van der Waals surface area (Å²) in [6, 6.07) is 8.01. The summed E-state index contributed by atoms with van der Waals surface area (Å²) in [6.07, 6.45) is 0.922. The normalized spacial score (nSPS) is 17.9. The number of carbonyl (C=O) groups is 1. The fourth-order valence-electron chi connectivity index (χ4n) is 1.56. The van der Waals surface area contributed by atoms with E-state index in [0.717, 1.165) is 12.2 Å². The molecule has 1 aliphatic heterocycles. The summed E-state index contributed by atoms with van der Waals surface area (Å²) in [4.78, 5) is 10.7. The van der Waals surface area contributed by atoms with Crippen LogP contribution in [-0.2, 0) is 38.9 Å². The van der Waals surface area contributed by atoms with Gasteiger partial charge in [0, 0.05) is 0 Å². The summed E-state index contributed by atoms with van der Waals surface area (Å²) in [5, 5.41) is 0. The third-order valence-corrected chi connectivity index (χ3v) is 7.63. The first-order chi connectivity index (χ1) is 6.75. The first kappa shape index (κ1) is 9.96. The number of fused-ring (bicyclic) bond motifs is 1. The van der Waals surface area contributed by atoms with Crippen molar-refractivity contribution in [3.8, 4) is 5.75 Å². The quantitative estimate of drug-likeness (QED) is 0.732. The van der Waals surface area contributed by atoms with E-state index in [9.17, 15) is 4.79 Å². The van der Waals surface area contributed by atoms with Crippen molar-refractivity contribution in [2.45, 2.75) is 17.0 Å². The van der Waals surface area contributed by atoms with Crippen LogP contribution in [0.3, 0.4) is 0 Å². The summed E-state index contributed by atoms with van der Waals surface area (Å²) >= 11 is -1.64. The Hall–Kier alpha value is -0.575. The van der Waals surface area contributed by atoms with Gasteiger partial charge in [0.05, 0.1) is 0 Å². The van der Waals surface area contributed by atoms with Gasteiger partial charge >= 0.3 is 95.7 Å². The van der Waals surface area contributed by atoms with Crippen LogP contribution in [0.1, 0.15) is 12.5 Å². The van der Waals surface area contributed by atoms with E-state index in [1.165, 1.54) is 12.5 Å². The monoisotopic (exact) mass is 380 g/mol. The zero-order valence-electron chi connectivity index (χ0n) is 8.03. The first-order valence-corrected chi connectivity index (χ1v) is 10.1. The molecule has 0 radical (unpaired) electrons. The van der Waals surface area contributed by atoms with E-state index >= 15 is 0 Å². The summed E-state index contributed by atoms with van der Waals surface area (Å²) in [5.74, 6) is 0.802. The molecule has 0 amide bonds. The van der Waals surface area contributed by atoms with Gasteiger partial charge in [-0.3, -0.25) is 0 Å². The molecular weight excluding hydrogens is 369 g/mol. The van der Waals surface area contributed by atoms with Crippen LogP contribution >= 0.6 is 0 Å². The van der Waals surface area contributed by atoms with Crippen molar-refractivity contribution in [2.75, 3.05) is 0 Å². The van der Waals surface area contributed by atoms with E-state index in [1.807, 2.05) is 18.2 Å². The van der Waals surface area contributed by atoms with Crippen molar-refractivity contribution >= 4 is 5.97 Å². The van der Waals surface area contributed by atoms with Gasteiger partial charge in [0.15, 0.2) is 0 Å². The van der Waals surface area contributed by atoms with Crippen LogP contribution in [0, 0.1) is 0 Å². The van der Waals surface area contributed by atoms with E-state index in [0.29, 0.717) is 0 Å². The number of benzene rings is 1. The molecule has 1 unspecified atom stereocenters. The van der Waals surface area contributed by atoms with Gasteiger partial charge in [0.2, 0.25) is 0 Å². The van der Waals surface area contributed by atoms with Gasteiger partial charge in [-0.15, -0.1) is 0 Å². The molecule has 4 heteroatoms. The fourth-order valence-corrected chi connectivity index (χ4v) is 5.82. The van der Waals surface area contributed by atoms with E-state index < -0.39 is 25.0 Å². The van der Waals surface area contributed by atoms with Gasteiger partial charge in [-0.1, -0.05) is 0 Å². The van der Waals surface area contributed by atoms with Crippen molar-refractivity contribution in [2.24, 2.45) is 0 Å². The molecule has 1 aliphatic rings. The van der Waals surface area contributed by atoms with Crippen LogP contribution in [0.15, 0.2) is 24.3 Å². The van der Waals surface area contributed by atoms with Gasteiger partial charge in [-0.2, -0.15) is 0 Å². The molecule has 1 aromatic rings. The Morgan fingerprint density at radius 1 is 1.57 bits per heavy atom. The molecule has 1 heterocycles. The number of para-hydroxylation sites is 1. The average molecular weight is 379 g/mol. The molecule has 0 aliphatic carbocycles. The topological polar surface area (TPSA) is 35.5 Å². The summed E-state index contributed by atoms with van der Waals surface area (Å²) in [5.41, 5.74) is 1.24. The Bertz CT molecular complexity index is 326. The maximum atomic E-state index is 10.7. The van der Waals surface area contributed by atoms with Crippen LogP contribution in [0.2, 0.25) is 0 Å². The van der Waals surface area contributed by atoms with Gasteiger partial charge in [-0.05, 0) is 0 Å². The number of hydrogen-bond donors (Lipinski definition) is 0. The molecule has 0 saturated carbocycles. The van der Waals surface area contributed by atoms with Gasteiger partial charge < -0.3 is 0 Å². The predicted molar refractivity (Wildman–Crippen MR) is 46.3 cm³/mol. The number of rotatable bonds is 2. The second-order valence-electron chi connectivity index (χ2n) is 3.35. The van der Waals surface area contributed by atoms with E-state index in [4.69, 9.17) is 7.38 Å². The van der Waals surface area contributed by atoms with E-state index in [1.54, 1.807) is 0 Å². The molecule has 0 bridgehead atoms. The van der Waals surface area contributed by atoms with Crippen LogP contribution in [0.5, 0.6) is 5.75 Å². The molecule has 1 atom stereocenters. The molecule has 0 aromatic heterocycles. The molecule has 1 aromatic carbocycles. The molecule has 70 valence electrons. The predicted octanol–water partition coefficient (Wildman–Crippen LogP) is 1.51. The molecule has 0 N–H and O–H groups in total. The molecule has 0 spiro atoms. The Labute approximate surface area is 95.5 Å². The third kappa shape index (κ3) is 2.26. The number of ether oxygens (including phenoxy) is 1. The standard InChI is InChI=1S/C8H7O.C2H4O2.Hg/c1-2-4-8-7(3-1)5-6-9-8;1-2(3)4;/h1-4,6H,5H2;1H3,(H,3,4);/q;;+1/p-1. The molecule has 0 fully saturated rings. The Kier molecular flexibility index (Phi) is 3.06. The minimum atomic E-state index is -1.64. The SMILES string of the molecule is CC(=O)[O][Hg][CH]1Cc2ccccc2O1. The van der Waals surface area contributed by atoms with Crippen LogP contribution < -0.4 is 4.74 Å². The third-order valence-electron chi connectivity index (χ3n) is 2.19. The van der Waals surface area contributed by atoms with Crippen LogP contribution in [0.25, 0.3) is 0 Å². The molecule has 14 heavy (non-hydrogen) atoms. The Balaban J connectivity index is 1.95. The molecular formula is C10H10HgO3. The summed E-state index contributed by atoms with van der Waals surface area (Å²) < 4.78 is 11.0. The second kappa shape index (κ2) is 4.30. The second-order valence-corrected chi connectivity index (χ2v) is 9.31. The van der Waals surface area contributed by atoms with E-state index in [2.05, 4.69) is 6.07 Å². The Morgan fingerprint density at radius 3 is 3.07 bits per heavy atom. The minimum absolute atomic E-state index is 0.161. The van der Waals surface area contributed by atoms with Gasteiger partial charge in [-0.25, -0.2) is 0 Å². The van der Waals surface area contributed by atoms with Gasteiger partial charge in [0.1, 0.15) is 0 Å². The maximum absolute atomic E-state index is 10.7. The van der Waals surface area contributed by atoms with Crippen LogP contribution in [-0.4, -0.2) is 9.58 Å². The van der Waals surface area contributed by atoms with Crippen molar-refractivity contribution in [3.05, 3.63) is 29.8 Å². The van der Waals surface area contributed by atoms with Crippen molar-refractivity contribution in [3.63, 3.8) is 0 Å². The van der Waals surface area contributed by atoms with Crippen molar-refractivity contribution < 1.29 is 37.2 Å².